The second kappa shape index (κ2) is 7.57. The van der Waals surface area contributed by atoms with Crippen LogP contribution >= 0.6 is 11.8 Å². The number of urea groups is 1. The fraction of sp³-hybridized carbons (Fsp3) is 0.714. The van der Waals surface area contributed by atoms with Gasteiger partial charge in [0.05, 0.1) is 11.9 Å². The second-order valence-corrected chi connectivity index (χ2v) is 6.58. The van der Waals surface area contributed by atoms with E-state index >= 15 is 0 Å². The highest BCUT2D eigenvalue weighted by molar-refractivity contribution is 7.99. The van der Waals surface area contributed by atoms with Gasteiger partial charge in [0.2, 0.25) is 0 Å². The van der Waals surface area contributed by atoms with Crippen molar-refractivity contribution in [2.24, 2.45) is 0 Å². The highest BCUT2D eigenvalue weighted by Gasteiger charge is 2.26. The van der Waals surface area contributed by atoms with Crippen molar-refractivity contribution in [3.8, 4) is 0 Å². The first-order chi connectivity index (χ1) is 9.72. The Kier molecular flexibility index (Phi) is 5.76. The first-order valence-electron chi connectivity index (χ1n) is 7.44. The van der Waals surface area contributed by atoms with Gasteiger partial charge in [0.25, 0.3) is 0 Å². The minimum Gasteiger partial charge on any atom is -0.334 e. The molecule has 0 radical (unpaired) electrons. The van der Waals surface area contributed by atoms with Crippen LogP contribution in [-0.4, -0.2) is 32.9 Å². The monoisotopic (exact) mass is 296 g/mol. The van der Waals surface area contributed by atoms with Crippen LogP contribution in [0.2, 0.25) is 0 Å². The number of nitrogens with zero attached hydrogens (tertiary/aromatic N) is 2. The molecule has 1 heterocycles. The summed E-state index contributed by atoms with van der Waals surface area (Å²) in [7, 11) is 0. The van der Waals surface area contributed by atoms with Crippen molar-refractivity contribution < 1.29 is 4.79 Å². The summed E-state index contributed by atoms with van der Waals surface area (Å²) >= 11 is 1.96. The quantitative estimate of drug-likeness (QED) is 0.878. The van der Waals surface area contributed by atoms with Crippen molar-refractivity contribution >= 4 is 23.5 Å². The summed E-state index contributed by atoms with van der Waals surface area (Å²) in [6, 6.07) is 0.171. The fourth-order valence-corrected chi connectivity index (χ4v) is 3.81. The maximum Gasteiger partial charge on any atom is 0.319 e. The van der Waals surface area contributed by atoms with E-state index in [9.17, 15) is 4.79 Å². The molecule has 2 amide bonds. The molecule has 0 bridgehead atoms. The number of aromatic nitrogens is 2. The molecular weight excluding hydrogens is 272 g/mol. The third-order valence-electron chi connectivity index (χ3n) is 3.61. The number of hydrogen-bond acceptors (Lipinski definition) is 3. The maximum absolute atomic E-state index is 12.1. The number of hydrogen-bond donors (Lipinski definition) is 2. The zero-order valence-electron chi connectivity index (χ0n) is 12.3. The van der Waals surface area contributed by atoms with Gasteiger partial charge in [-0.05, 0) is 25.5 Å². The molecule has 2 rings (SSSR count). The van der Waals surface area contributed by atoms with Crippen LogP contribution in [0.4, 0.5) is 10.5 Å². The molecule has 2 N–H and O–H groups in total. The Bertz CT molecular complexity index is 433. The van der Waals surface area contributed by atoms with E-state index in [1.807, 2.05) is 24.9 Å². The number of nitrogens with one attached hydrogen (secondary N) is 2. The largest absolute Gasteiger partial charge is 0.334 e. The minimum absolute atomic E-state index is 0.116. The Morgan fingerprint density at radius 3 is 2.95 bits per heavy atom. The predicted molar refractivity (Wildman–Crippen MR) is 84.2 cm³/mol. The normalized spacial score (nSPS) is 22.5. The van der Waals surface area contributed by atoms with Gasteiger partial charge in [0.1, 0.15) is 0 Å². The zero-order valence-corrected chi connectivity index (χ0v) is 13.1. The second-order valence-electron chi connectivity index (χ2n) is 5.07. The Labute approximate surface area is 124 Å². The molecule has 1 aromatic heterocycles. The summed E-state index contributed by atoms with van der Waals surface area (Å²) in [5, 5.41) is 10.7. The number of carbonyl (C=O) groups is 1. The number of aryl methyl sites for hydroxylation is 1. The van der Waals surface area contributed by atoms with Crippen LogP contribution in [0.5, 0.6) is 0 Å². The summed E-state index contributed by atoms with van der Waals surface area (Å²) in [5.74, 6) is 1.10. The number of thioether (sulfide) groups is 1. The molecule has 6 heteroatoms. The molecule has 112 valence electrons. The van der Waals surface area contributed by atoms with Crippen molar-refractivity contribution in [3.05, 3.63) is 12.4 Å². The summed E-state index contributed by atoms with van der Waals surface area (Å²) in [6.07, 6.45) is 8.30. The van der Waals surface area contributed by atoms with Crippen LogP contribution in [0.1, 0.15) is 39.5 Å². The van der Waals surface area contributed by atoms with Crippen LogP contribution in [0, 0.1) is 0 Å². The van der Waals surface area contributed by atoms with Gasteiger partial charge in [-0.15, -0.1) is 0 Å². The van der Waals surface area contributed by atoms with Gasteiger partial charge in [0.15, 0.2) is 0 Å². The molecule has 1 saturated carbocycles. The Hall–Kier alpha value is -1.17. The highest BCUT2D eigenvalue weighted by atomic mass is 32.2. The lowest BCUT2D eigenvalue weighted by Gasteiger charge is -2.31. The lowest BCUT2D eigenvalue weighted by atomic mass is 9.95. The van der Waals surface area contributed by atoms with Gasteiger partial charge in [0, 0.05) is 24.0 Å². The van der Waals surface area contributed by atoms with Crippen molar-refractivity contribution in [2.75, 3.05) is 11.1 Å². The van der Waals surface area contributed by atoms with E-state index in [4.69, 9.17) is 0 Å². The van der Waals surface area contributed by atoms with E-state index in [1.54, 1.807) is 10.9 Å². The fourth-order valence-electron chi connectivity index (χ4n) is 2.61. The maximum atomic E-state index is 12.1. The third kappa shape index (κ3) is 4.16. The van der Waals surface area contributed by atoms with Crippen LogP contribution in [0.25, 0.3) is 0 Å². The van der Waals surface area contributed by atoms with Gasteiger partial charge < -0.3 is 10.6 Å². The molecule has 20 heavy (non-hydrogen) atoms. The number of carbonyl (C=O) groups excluding carboxylic acids is 1. The van der Waals surface area contributed by atoms with Crippen molar-refractivity contribution in [1.82, 2.24) is 15.1 Å². The molecule has 0 unspecified atom stereocenters. The lowest BCUT2D eigenvalue weighted by molar-refractivity contribution is 0.245. The Morgan fingerprint density at radius 1 is 1.45 bits per heavy atom. The molecular formula is C14H24N4OS. The molecule has 2 atom stereocenters. The van der Waals surface area contributed by atoms with E-state index in [-0.39, 0.29) is 12.1 Å². The number of rotatable bonds is 5. The van der Waals surface area contributed by atoms with E-state index in [0.29, 0.717) is 5.25 Å². The molecule has 1 aliphatic rings. The van der Waals surface area contributed by atoms with Crippen LogP contribution < -0.4 is 10.6 Å². The average molecular weight is 296 g/mol. The van der Waals surface area contributed by atoms with Gasteiger partial charge in [-0.25, -0.2) is 4.79 Å². The van der Waals surface area contributed by atoms with E-state index in [0.717, 1.165) is 24.4 Å². The summed E-state index contributed by atoms with van der Waals surface area (Å²) in [6.45, 7) is 5.00. The topological polar surface area (TPSA) is 59.0 Å². The molecule has 5 nitrogen and oxygen atoms in total. The predicted octanol–water partition coefficient (Wildman–Crippen LogP) is 3.09. The summed E-state index contributed by atoms with van der Waals surface area (Å²) < 4.78 is 1.80. The minimum atomic E-state index is -0.116. The Morgan fingerprint density at radius 2 is 2.25 bits per heavy atom. The summed E-state index contributed by atoms with van der Waals surface area (Å²) in [4.78, 5) is 12.1. The van der Waals surface area contributed by atoms with Crippen LogP contribution in [0.15, 0.2) is 12.4 Å². The first-order valence-corrected chi connectivity index (χ1v) is 8.49. The highest BCUT2D eigenvalue weighted by Crippen LogP contribution is 2.28. The number of anilines is 1. The molecule has 1 fully saturated rings. The van der Waals surface area contributed by atoms with Crippen molar-refractivity contribution in [3.63, 3.8) is 0 Å². The standard InChI is InChI=1S/C14H24N4OS/c1-3-18-10-11(9-15-18)16-14(19)17-12-7-5-6-8-13(12)20-4-2/h9-10,12-13H,3-8H2,1-2H3,(H2,16,17,19)/t12-,13-/m1/s1. The van der Waals surface area contributed by atoms with Crippen molar-refractivity contribution in [1.29, 1.82) is 0 Å². The third-order valence-corrected chi connectivity index (χ3v) is 4.94. The molecule has 0 spiro atoms. The first kappa shape index (κ1) is 15.2. The average Bonchev–Trinajstić information content (AvgIpc) is 2.89. The van der Waals surface area contributed by atoms with Crippen molar-refractivity contribution in [2.45, 2.75) is 57.4 Å². The Balaban J connectivity index is 1.85. The van der Waals surface area contributed by atoms with E-state index in [1.165, 1.54) is 19.3 Å². The zero-order chi connectivity index (χ0) is 14.4. The van der Waals surface area contributed by atoms with Gasteiger partial charge in [-0.3, -0.25) is 4.68 Å². The molecule has 1 aliphatic carbocycles. The molecule has 0 aromatic carbocycles. The smallest absolute Gasteiger partial charge is 0.319 e. The summed E-state index contributed by atoms with van der Waals surface area (Å²) in [5.41, 5.74) is 0.750. The molecule has 1 aromatic rings. The van der Waals surface area contributed by atoms with Gasteiger partial charge in [-0.2, -0.15) is 16.9 Å². The molecule has 0 aliphatic heterocycles. The van der Waals surface area contributed by atoms with Gasteiger partial charge in [-0.1, -0.05) is 19.8 Å². The number of amides is 2. The SMILES string of the molecule is CCS[C@@H]1CCCC[C@H]1NC(=O)Nc1cnn(CC)c1. The lowest BCUT2D eigenvalue weighted by Crippen LogP contribution is -2.45. The van der Waals surface area contributed by atoms with Crippen LogP contribution in [-0.2, 0) is 6.54 Å². The molecule has 0 saturated heterocycles. The van der Waals surface area contributed by atoms with E-state index in [2.05, 4.69) is 22.7 Å². The van der Waals surface area contributed by atoms with E-state index < -0.39 is 0 Å². The van der Waals surface area contributed by atoms with Crippen LogP contribution in [0.3, 0.4) is 0 Å². The van der Waals surface area contributed by atoms with Gasteiger partial charge >= 0.3 is 6.03 Å².